The zero-order chi connectivity index (χ0) is 14.6. The van der Waals surface area contributed by atoms with Crippen molar-refractivity contribution < 1.29 is 13.2 Å². The number of hydrogen-bond donors (Lipinski definition) is 1. The standard InChI is InChI=1S/C14H12BrNO3S/c15-11-6-8-12(9-7-11)16-14(17)10-20(18,19)13-4-2-1-3-5-13/h1-9H,10H2,(H,16,17). The SMILES string of the molecule is O=C(CS(=O)(=O)c1ccccc1)Nc1ccc(Br)cc1. The van der Waals surface area contributed by atoms with E-state index in [4.69, 9.17) is 0 Å². The third kappa shape index (κ3) is 3.91. The lowest BCUT2D eigenvalue weighted by molar-refractivity contribution is -0.113. The average molecular weight is 354 g/mol. The predicted molar refractivity (Wildman–Crippen MR) is 81.3 cm³/mol. The normalized spacial score (nSPS) is 11.1. The topological polar surface area (TPSA) is 63.2 Å². The van der Waals surface area contributed by atoms with Gasteiger partial charge in [0.15, 0.2) is 9.84 Å². The average Bonchev–Trinajstić information content (AvgIpc) is 2.42. The van der Waals surface area contributed by atoms with E-state index in [1.165, 1.54) is 12.1 Å². The van der Waals surface area contributed by atoms with Crippen LogP contribution in [0.4, 0.5) is 5.69 Å². The van der Waals surface area contributed by atoms with Gasteiger partial charge in [0.25, 0.3) is 0 Å². The maximum Gasteiger partial charge on any atom is 0.239 e. The molecule has 0 atom stereocenters. The lowest BCUT2D eigenvalue weighted by atomic mass is 10.3. The van der Waals surface area contributed by atoms with Gasteiger partial charge in [0.1, 0.15) is 5.75 Å². The summed E-state index contributed by atoms with van der Waals surface area (Å²) in [5, 5.41) is 2.56. The molecule has 2 rings (SSSR count). The molecule has 0 saturated carbocycles. The minimum atomic E-state index is -3.61. The Bertz CT molecular complexity index is 697. The summed E-state index contributed by atoms with van der Waals surface area (Å²) in [6.07, 6.45) is 0. The summed E-state index contributed by atoms with van der Waals surface area (Å²) >= 11 is 3.28. The van der Waals surface area contributed by atoms with Crippen LogP contribution in [0.25, 0.3) is 0 Å². The van der Waals surface area contributed by atoms with Crippen LogP contribution in [0.15, 0.2) is 64.0 Å². The van der Waals surface area contributed by atoms with Crippen LogP contribution < -0.4 is 5.32 Å². The number of sulfone groups is 1. The van der Waals surface area contributed by atoms with Crippen LogP contribution in [0, 0.1) is 0 Å². The fourth-order valence-corrected chi connectivity index (χ4v) is 3.03. The van der Waals surface area contributed by atoms with E-state index in [1.807, 2.05) is 0 Å². The second-order valence-corrected chi connectivity index (χ2v) is 7.03. The highest BCUT2D eigenvalue weighted by Crippen LogP contribution is 2.15. The van der Waals surface area contributed by atoms with Crippen molar-refractivity contribution in [1.82, 2.24) is 0 Å². The van der Waals surface area contributed by atoms with Crippen molar-refractivity contribution in [3.8, 4) is 0 Å². The van der Waals surface area contributed by atoms with Crippen molar-refractivity contribution in [1.29, 1.82) is 0 Å². The van der Waals surface area contributed by atoms with Crippen molar-refractivity contribution >= 4 is 37.4 Å². The van der Waals surface area contributed by atoms with E-state index in [2.05, 4.69) is 21.2 Å². The fraction of sp³-hybridized carbons (Fsp3) is 0.0714. The van der Waals surface area contributed by atoms with Gasteiger partial charge < -0.3 is 5.32 Å². The maximum atomic E-state index is 12.0. The zero-order valence-electron chi connectivity index (χ0n) is 10.4. The molecule has 0 aliphatic rings. The first-order valence-electron chi connectivity index (χ1n) is 5.80. The highest BCUT2D eigenvalue weighted by atomic mass is 79.9. The number of anilines is 1. The number of hydrogen-bond acceptors (Lipinski definition) is 3. The molecule has 0 aliphatic carbocycles. The van der Waals surface area contributed by atoms with Gasteiger partial charge in [-0.25, -0.2) is 8.42 Å². The first kappa shape index (κ1) is 14.7. The molecule has 104 valence electrons. The van der Waals surface area contributed by atoms with Crippen molar-refractivity contribution in [2.24, 2.45) is 0 Å². The number of carbonyl (C=O) groups excluding carboxylic acids is 1. The number of carbonyl (C=O) groups is 1. The summed E-state index contributed by atoms with van der Waals surface area (Å²) in [5.74, 6) is -1.14. The van der Waals surface area contributed by atoms with Crippen LogP contribution in [0.5, 0.6) is 0 Å². The van der Waals surface area contributed by atoms with Crippen molar-refractivity contribution in [3.63, 3.8) is 0 Å². The van der Waals surface area contributed by atoms with Gasteiger partial charge in [-0.05, 0) is 36.4 Å². The molecule has 0 fully saturated rings. The Balaban J connectivity index is 2.06. The number of rotatable bonds is 4. The Hall–Kier alpha value is -1.66. The Kier molecular flexibility index (Phi) is 4.57. The van der Waals surface area contributed by atoms with E-state index >= 15 is 0 Å². The van der Waals surface area contributed by atoms with E-state index in [0.29, 0.717) is 5.69 Å². The lowest BCUT2D eigenvalue weighted by Gasteiger charge is -2.06. The van der Waals surface area contributed by atoms with Gasteiger partial charge in [0, 0.05) is 10.2 Å². The first-order valence-corrected chi connectivity index (χ1v) is 8.25. The molecule has 0 spiro atoms. The van der Waals surface area contributed by atoms with Gasteiger partial charge in [0.05, 0.1) is 4.90 Å². The Morgan fingerprint density at radius 1 is 1.00 bits per heavy atom. The highest BCUT2D eigenvalue weighted by molar-refractivity contribution is 9.10. The Morgan fingerprint density at radius 3 is 2.20 bits per heavy atom. The molecule has 0 aromatic heterocycles. The molecule has 2 aromatic rings. The third-order valence-electron chi connectivity index (χ3n) is 2.55. The third-order valence-corrected chi connectivity index (χ3v) is 4.71. The molecule has 0 bridgehead atoms. The fourth-order valence-electron chi connectivity index (χ4n) is 1.61. The molecule has 20 heavy (non-hydrogen) atoms. The molecular formula is C14H12BrNO3S. The van der Waals surface area contributed by atoms with E-state index in [-0.39, 0.29) is 4.90 Å². The molecule has 6 heteroatoms. The molecule has 0 unspecified atom stereocenters. The van der Waals surface area contributed by atoms with Gasteiger partial charge in [0.2, 0.25) is 5.91 Å². The van der Waals surface area contributed by atoms with Crippen molar-refractivity contribution in [3.05, 3.63) is 59.1 Å². The van der Waals surface area contributed by atoms with Gasteiger partial charge in [-0.15, -0.1) is 0 Å². The number of amides is 1. The minimum Gasteiger partial charge on any atom is -0.325 e. The second-order valence-electron chi connectivity index (χ2n) is 4.13. The summed E-state index contributed by atoms with van der Waals surface area (Å²) in [6.45, 7) is 0. The van der Waals surface area contributed by atoms with Crippen molar-refractivity contribution in [2.75, 3.05) is 11.1 Å². The zero-order valence-corrected chi connectivity index (χ0v) is 12.8. The van der Waals surface area contributed by atoms with E-state index in [9.17, 15) is 13.2 Å². The van der Waals surface area contributed by atoms with Crippen LogP contribution in [-0.2, 0) is 14.6 Å². The highest BCUT2D eigenvalue weighted by Gasteiger charge is 2.18. The van der Waals surface area contributed by atoms with E-state index in [0.717, 1.165) is 4.47 Å². The quantitative estimate of drug-likeness (QED) is 0.918. The van der Waals surface area contributed by atoms with Crippen molar-refractivity contribution in [2.45, 2.75) is 4.90 Å². The molecule has 0 aliphatic heterocycles. The Morgan fingerprint density at radius 2 is 1.60 bits per heavy atom. The molecule has 2 aromatic carbocycles. The maximum absolute atomic E-state index is 12.0. The summed E-state index contributed by atoms with van der Waals surface area (Å²) in [6, 6.07) is 14.8. The number of nitrogens with one attached hydrogen (secondary N) is 1. The van der Waals surface area contributed by atoms with Gasteiger partial charge >= 0.3 is 0 Å². The van der Waals surface area contributed by atoms with Gasteiger partial charge in [-0.2, -0.15) is 0 Å². The summed E-state index contributed by atoms with van der Waals surface area (Å²) < 4.78 is 24.9. The van der Waals surface area contributed by atoms with Gasteiger partial charge in [-0.1, -0.05) is 34.1 Å². The van der Waals surface area contributed by atoms with E-state index in [1.54, 1.807) is 42.5 Å². The largest absolute Gasteiger partial charge is 0.325 e. The smallest absolute Gasteiger partial charge is 0.239 e. The molecule has 4 nitrogen and oxygen atoms in total. The van der Waals surface area contributed by atoms with Crippen LogP contribution >= 0.6 is 15.9 Å². The molecular weight excluding hydrogens is 342 g/mol. The minimum absolute atomic E-state index is 0.144. The molecule has 0 heterocycles. The molecule has 0 radical (unpaired) electrons. The lowest BCUT2D eigenvalue weighted by Crippen LogP contribution is -2.22. The van der Waals surface area contributed by atoms with Crippen LogP contribution in [0.2, 0.25) is 0 Å². The Labute approximate surface area is 125 Å². The first-order chi connectivity index (χ1) is 9.47. The number of halogens is 1. The predicted octanol–water partition coefficient (Wildman–Crippen LogP) is 2.86. The van der Waals surface area contributed by atoms with Crippen LogP contribution in [0.3, 0.4) is 0 Å². The number of benzene rings is 2. The molecule has 1 N–H and O–H groups in total. The second kappa shape index (κ2) is 6.19. The summed E-state index contributed by atoms with van der Waals surface area (Å²) in [4.78, 5) is 11.9. The van der Waals surface area contributed by atoms with Crippen LogP contribution in [-0.4, -0.2) is 20.1 Å². The van der Waals surface area contributed by atoms with Gasteiger partial charge in [-0.3, -0.25) is 4.79 Å². The summed E-state index contributed by atoms with van der Waals surface area (Å²) in [7, 11) is -3.61. The summed E-state index contributed by atoms with van der Waals surface area (Å²) in [5.41, 5.74) is 0.557. The molecule has 0 saturated heterocycles. The molecule has 1 amide bonds. The monoisotopic (exact) mass is 353 g/mol. The van der Waals surface area contributed by atoms with Crippen LogP contribution in [0.1, 0.15) is 0 Å². The van der Waals surface area contributed by atoms with E-state index < -0.39 is 21.5 Å².